The van der Waals surface area contributed by atoms with Gasteiger partial charge in [-0.05, 0) is 54.0 Å². The van der Waals surface area contributed by atoms with Crippen molar-refractivity contribution in [1.82, 2.24) is 0 Å². The molecule has 0 fully saturated rings. The van der Waals surface area contributed by atoms with Crippen LogP contribution in [0.1, 0.15) is 30.0 Å². The van der Waals surface area contributed by atoms with Gasteiger partial charge in [0.2, 0.25) is 11.8 Å². The Hall–Kier alpha value is -3.86. The number of nitrogens with one attached hydrogen (secondary N) is 2. The zero-order valence-electron chi connectivity index (χ0n) is 17.7. The number of amides is 2. The van der Waals surface area contributed by atoms with Crippen molar-refractivity contribution in [3.05, 3.63) is 95.6 Å². The average molecular weight is 415 g/mol. The van der Waals surface area contributed by atoms with E-state index in [9.17, 15) is 9.59 Å². The molecule has 0 radical (unpaired) electrons. The van der Waals surface area contributed by atoms with Crippen LogP contribution in [0.3, 0.4) is 0 Å². The van der Waals surface area contributed by atoms with Gasteiger partial charge in [0.15, 0.2) is 0 Å². The summed E-state index contributed by atoms with van der Waals surface area (Å²) in [4.78, 5) is 23.9. The molecule has 3 rings (SSSR count). The molecule has 2 N–H and O–H groups in total. The van der Waals surface area contributed by atoms with Crippen LogP contribution in [-0.2, 0) is 16.2 Å². The van der Waals surface area contributed by atoms with E-state index in [1.807, 2.05) is 73.7 Å². The summed E-state index contributed by atoms with van der Waals surface area (Å²) < 4.78 is 5.78. The van der Waals surface area contributed by atoms with Crippen LogP contribution >= 0.6 is 0 Å². The molecule has 0 saturated carbocycles. The molecule has 0 bridgehead atoms. The van der Waals surface area contributed by atoms with Gasteiger partial charge in [-0.25, -0.2) is 0 Å². The SMILES string of the molecule is CCC(=O)Nc1ccc(C)c(NC(=O)/C=C/c2ccc(OCc3ccccc3)cc2)c1. The second kappa shape index (κ2) is 10.8. The Balaban J connectivity index is 1.56. The molecule has 0 atom stereocenters. The van der Waals surface area contributed by atoms with E-state index >= 15 is 0 Å². The lowest BCUT2D eigenvalue weighted by atomic mass is 10.1. The third kappa shape index (κ3) is 6.85. The van der Waals surface area contributed by atoms with Gasteiger partial charge in [0.25, 0.3) is 0 Å². The van der Waals surface area contributed by atoms with Gasteiger partial charge in [-0.2, -0.15) is 0 Å². The number of rotatable bonds is 8. The first kappa shape index (κ1) is 21.8. The zero-order valence-corrected chi connectivity index (χ0v) is 17.7. The van der Waals surface area contributed by atoms with Crippen LogP contribution < -0.4 is 15.4 Å². The smallest absolute Gasteiger partial charge is 0.248 e. The Kier molecular flexibility index (Phi) is 7.60. The molecule has 3 aromatic carbocycles. The maximum absolute atomic E-state index is 12.3. The summed E-state index contributed by atoms with van der Waals surface area (Å²) >= 11 is 0. The first-order chi connectivity index (χ1) is 15.0. The summed E-state index contributed by atoms with van der Waals surface area (Å²) in [5.74, 6) is 0.454. The molecule has 0 heterocycles. The molecule has 5 nitrogen and oxygen atoms in total. The Morgan fingerprint density at radius 1 is 0.935 bits per heavy atom. The van der Waals surface area contributed by atoms with Crippen LogP contribution in [-0.4, -0.2) is 11.8 Å². The van der Waals surface area contributed by atoms with Crippen LogP contribution in [0.2, 0.25) is 0 Å². The van der Waals surface area contributed by atoms with E-state index in [0.717, 1.165) is 22.4 Å². The summed E-state index contributed by atoms with van der Waals surface area (Å²) in [6, 6.07) is 23.0. The molecule has 31 heavy (non-hydrogen) atoms. The highest BCUT2D eigenvalue weighted by Gasteiger charge is 2.05. The van der Waals surface area contributed by atoms with Crippen LogP contribution in [0.25, 0.3) is 6.08 Å². The predicted molar refractivity (Wildman–Crippen MR) is 125 cm³/mol. The number of anilines is 2. The van der Waals surface area contributed by atoms with Crippen molar-refractivity contribution >= 4 is 29.3 Å². The fourth-order valence-electron chi connectivity index (χ4n) is 2.85. The number of aryl methyl sites for hydroxylation is 1. The Morgan fingerprint density at radius 2 is 1.68 bits per heavy atom. The van der Waals surface area contributed by atoms with Gasteiger partial charge in [-0.3, -0.25) is 9.59 Å². The normalized spacial score (nSPS) is 10.6. The summed E-state index contributed by atoms with van der Waals surface area (Å²) in [6.45, 7) is 4.20. The Labute approximate surface area is 182 Å². The van der Waals surface area contributed by atoms with Gasteiger partial charge < -0.3 is 15.4 Å². The maximum atomic E-state index is 12.3. The number of carbonyl (C=O) groups is 2. The third-order valence-corrected chi connectivity index (χ3v) is 4.66. The van der Waals surface area contributed by atoms with Crippen LogP contribution in [0.4, 0.5) is 11.4 Å². The van der Waals surface area contributed by atoms with Crippen molar-refractivity contribution in [2.24, 2.45) is 0 Å². The molecule has 0 spiro atoms. The number of hydrogen-bond donors (Lipinski definition) is 2. The summed E-state index contributed by atoms with van der Waals surface area (Å²) in [5, 5.41) is 5.66. The van der Waals surface area contributed by atoms with Gasteiger partial charge in [0.05, 0.1) is 0 Å². The van der Waals surface area contributed by atoms with Gasteiger partial charge in [0, 0.05) is 23.9 Å². The summed E-state index contributed by atoms with van der Waals surface area (Å²) in [7, 11) is 0. The fourth-order valence-corrected chi connectivity index (χ4v) is 2.85. The zero-order chi connectivity index (χ0) is 22.1. The van der Waals surface area contributed by atoms with Crippen molar-refractivity contribution < 1.29 is 14.3 Å². The van der Waals surface area contributed by atoms with Crippen molar-refractivity contribution in [2.75, 3.05) is 10.6 Å². The predicted octanol–water partition coefficient (Wildman–Crippen LogP) is 5.57. The largest absolute Gasteiger partial charge is 0.489 e. The van der Waals surface area contributed by atoms with E-state index in [4.69, 9.17) is 4.74 Å². The standard InChI is InChI=1S/C26H26N2O3/c1-3-25(29)27-22-13-9-19(2)24(17-22)28-26(30)16-12-20-10-14-23(15-11-20)31-18-21-7-5-4-6-8-21/h4-17H,3,18H2,1-2H3,(H,27,29)(H,28,30)/b16-12+. The van der Waals surface area contributed by atoms with Gasteiger partial charge in [-0.15, -0.1) is 0 Å². The summed E-state index contributed by atoms with van der Waals surface area (Å²) in [5.41, 5.74) is 4.23. The molecule has 0 aliphatic heterocycles. The van der Waals surface area contributed by atoms with E-state index < -0.39 is 0 Å². The van der Waals surface area contributed by atoms with Crippen molar-refractivity contribution in [3.8, 4) is 5.75 Å². The second-order valence-electron chi connectivity index (χ2n) is 7.10. The maximum Gasteiger partial charge on any atom is 0.248 e. The quantitative estimate of drug-likeness (QED) is 0.473. The third-order valence-electron chi connectivity index (χ3n) is 4.66. The highest BCUT2D eigenvalue weighted by Crippen LogP contribution is 2.21. The average Bonchev–Trinajstić information content (AvgIpc) is 2.80. The minimum atomic E-state index is -0.244. The molecule has 0 aliphatic carbocycles. The molecule has 2 amide bonds. The first-order valence-electron chi connectivity index (χ1n) is 10.2. The van der Waals surface area contributed by atoms with E-state index in [0.29, 0.717) is 24.4 Å². The summed E-state index contributed by atoms with van der Waals surface area (Å²) in [6.07, 6.45) is 3.62. The fraction of sp³-hybridized carbons (Fsp3) is 0.154. The molecule has 158 valence electrons. The molecule has 0 aliphatic rings. The van der Waals surface area contributed by atoms with E-state index in [1.54, 1.807) is 19.1 Å². The number of hydrogen-bond acceptors (Lipinski definition) is 3. The molecule has 3 aromatic rings. The molecule has 5 heteroatoms. The lowest BCUT2D eigenvalue weighted by Crippen LogP contribution is -2.12. The molecular weight excluding hydrogens is 388 g/mol. The van der Waals surface area contributed by atoms with E-state index in [2.05, 4.69) is 10.6 Å². The van der Waals surface area contributed by atoms with E-state index in [-0.39, 0.29) is 11.8 Å². The molecule has 0 saturated heterocycles. The highest BCUT2D eigenvalue weighted by atomic mass is 16.5. The molecular formula is C26H26N2O3. The van der Waals surface area contributed by atoms with Crippen LogP contribution in [0.5, 0.6) is 5.75 Å². The van der Waals surface area contributed by atoms with Crippen LogP contribution in [0, 0.1) is 6.92 Å². The topological polar surface area (TPSA) is 67.4 Å². The van der Waals surface area contributed by atoms with Crippen molar-refractivity contribution in [2.45, 2.75) is 26.9 Å². The van der Waals surface area contributed by atoms with Gasteiger partial charge in [0.1, 0.15) is 12.4 Å². The Morgan fingerprint density at radius 3 is 2.39 bits per heavy atom. The second-order valence-corrected chi connectivity index (χ2v) is 7.10. The number of carbonyl (C=O) groups excluding carboxylic acids is 2. The van der Waals surface area contributed by atoms with Crippen molar-refractivity contribution in [3.63, 3.8) is 0 Å². The number of ether oxygens (including phenoxy) is 1. The minimum Gasteiger partial charge on any atom is -0.489 e. The van der Waals surface area contributed by atoms with Gasteiger partial charge >= 0.3 is 0 Å². The first-order valence-corrected chi connectivity index (χ1v) is 10.2. The van der Waals surface area contributed by atoms with E-state index in [1.165, 1.54) is 6.08 Å². The Bertz CT molecular complexity index is 1060. The molecule has 0 aromatic heterocycles. The molecule has 0 unspecified atom stereocenters. The highest BCUT2D eigenvalue weighted by molar-refractivity contribution is 6.03. The lowest BCUT2D eigenvalue weighted by Gasteiger charge is -2.10. The minimum absolute atomic E-state index is 0.0720. The van der Waals surface area contributed by atoms with Crippen molar-refractivity contribution in [1.29, 1.82) is 0 Å². The van der Waals surface area contributed by atoms with Crippen LogP contribution in [0.15, 0.2) is 78.9 Å². The lowest BCUT2D eigenvalue weighted by molar-refractivity contribution is -0.116. The monoisotopic (exact) mass is 414 g/mol. The van der Waals surface area contributed by atoms with Gasteiger partial charge in [-0.1, -0.05) is 55.5 Å². The number of benzene rings is 3.